The van der Waals surface area contributed by atoms with Crippen LogP contribution in [0.1, 0.15) is 6.92 Å². The highest BCUT2D eigenvalue weighted by atomic mass is 16.6. The van der Waals surface area contributed by atoms with E-state index in [0.717, 1.165) is 6.92 Å². The maximum Gasteiger partial charge on any atom is 0.351 e. The summed E-state index contributed by atoms with van der Waals surface area (Å²) in [4.78, 5) is 10.5. The number of aliphatic carboxylic acids is 1. The van der Waals surface area contributed by atoms with Crippen molar-refractivity contribution in [1.82, 2.24) is 0 Å². The van der Waals surface area contributed by atoms with E-state index in [-0.39, 0.29) is 0 Å². The lowest BCUT2D eigenvalue weighted by Gasteiger charge is -2.21. The minimum Gasteiger partial charge on any atom is -0.504 e. The Morgan fingerprint density at radius 2 is 2.08 bits per heavy atom. The molecule has 0 fully saturated rings. The molecule has 0 bridgehead atoms. The van der Waals surface area contributed by atoms with E-state index < -0.39 is 29.4 Å². The first kappa shape index (κ1) is 8.66. The molecule has 0 saturated heterocycles. The minimum atomic E-state index is -2.01. The van der Waals surface area contributed by atoms with Crippen LogP contribution >= 0.6 is 0 Å². The van der Waals surface area contributed by atoms with Crippen molar-refractivity contribution in [3.05, 3.63) is 11.7 Å². The van der Waals surface area contributed by atoms with Crippen molar-refractivity contribution in [2.24, 2.45) is 0 Å². The molecule has 6 nitrogen and oxygen atoms in total. The molecule has 0 aromatic rings. The molecule has 0 aromatic heterocycles. The molecule has 1 rings (SSSR count). The number of aliphatic hydroxyl groups is 3. The molecule has 0 spiro atoms. The predicted molar refractivity (Wildman–Crippen MR) is 35.4 cm³/mol. The van der Waals surface area contributed by atoms with Gasteiger partial charge in [0, 0.05) is 0 Å². The molecule has 0 aromatic carbocycles. The molecule has 12 heavy (non-hydrogen) atoms. The zero-order valence-corrected chi connectivity index (χ0v) is 6.18. The molecule has 6 heteroatoms. The minimum absolute atomic E-state index is 0.861. The van der Waals surface area contributed by atoms with Gasteiger partial charge in [0.1, 0.15) is 0 Å². The lowest BCUT2D eigenvalue weighted by molar-refractivity contribution is -0.168. The summed E-state index contributed by atoms with van der Waals surface area (Å²) in [5.41, 5.74) is -2.01. The second-order valence-corrected chi connectivity index (χ2v) is 2.61. The highest BCUT2D eigenvalue weighted by molar-refractivity contribution is 5.79. The average Bonchev–Trinajstić information content (AvgIpc) is 2.17. The Kier molecular flexibility index (Phi) is 1.64. The van der Waals surface area contributed by atoms with Gasteiger partial charge >= 0.3 is 11.9 Å². The summed E-state index contributed by atoms with van der Waals surface area (Å²) < 4.78 is 4.37. The van der Waals surface area contributed by atoms with Gasteiger partial charge < -0.3 is 25.2 Å². The first-order valence-corrected chi connectivity index (χ1v) is 3.12. The summed E-state index contributed by atoms with van der Waals surface area (Å²) in [6, 6.07) is 0. The van der Waals surface area contributed by atoms with Crippen molar-refractivity contribution in [2.45, 2.75) is 18.6 Å². The van der Waals surface area contributed by atoms with Gasteiger partial charge in [-0.1, -0.05) is 0 Å². The van der Waals surface area contributed by atoms with Crippen LogP contribution in [0.3, 0.4) is 0 Å². The van der Waals surface area contributed by atoms with Crippen molar-refractivity contribution >= 4 is 5.97 Å². The van der Waals surface area contributed by atoms with Gasteiger partial charge in [-0.15, -0.1) is 0 Å². The Bertz CT molecular complexity index is 257. The van der Waals surface area contributed by atoms with Gasteiger partial charge in [-0.05, 0) is 6.92 Å². The summed E-state index contributed by atoms with van der Waals surface area (Å²) in [6.07, 6.45) is -1.74. The van der Waals surface area contributed by atoms with Crippen LogP contribution in [0.15, 0.2) is 11.7 Å². The van der Waals surface area contributed by atoms with Crippen LogP contribution in [0.5, 0.6) is 0 Å². The second kappa shape index (κ2) is 2.28. The summed E-state index contributed by atoms with van der Waals surface area (Å²) in [6.45, 7) is 1.04. The number of hydrogen-bond donors (Lipinski definition) is 4. The molecule has 1 aliphatic heterocycles. The molecule has 4 N–H and O–H groups in total. The molecule has 0 saturated carbocycles. The van der Waals surface area contributed by atoms with Crippen LogP contribution < -0.4 is 0 Å². The fraction of sp³-hybridized carbons (Fsp3) is 0.500. The van der Waals surface area contributed by atoms with E-state index in [0.29, 0.717) is 0 Å². The first-order valence-electron chi connectivity index (χ1n) is 3.12. The average molecular weight is 176 g/mol. The van der Waals surface area contributed by atoms with Gasteiger partial charge in [0.05, 0.1) is 0 Å². The monoisotopic (exact) mass is 176 g/mol. The third-order valence-corrected chi connectivity index (χ3v) is 1.73. The van der Waals surface area contributed by atoms with Crippen molar-refractivity contribution in [2.75, 3.05) is 0 Å². The Morgan fingerprint density at radius 1 is 1.58 bits per heavy atom. The third kappa shape index (κ3) is 0.884. The first-order chi connectivity index (χ1) is 5.39. The molecule has 2 atom stereocenters. The van der Waals surface area contributed by atoms with Crippen LogP contribution in [0, 0.1) is 0 Å². The van der Waals surface area contributed by atoms with Crippen LogP contribution in [-0.4, -0.2) is 38.1 Å². The topological polar surface area (TPSA) is 107 Å². The fourth-order valence-corrected chi connectivity index (χ4v) is 0.847. The zero-order valence-electron chi connectivity index (χ0n) is 6.18. The van der Waals surface area contributed by atoms with Gasteiger partial charge in [0.25, 0.3) is 0 Å². The molecule has 68 valence electrons. The van der Waals surface area contributed by atoms with E-state index in [9.17, 15) is 4.79 Å². The highest BCUT2D eigenvalue weighted by Crippen LogP contribution is 2.31. The summed E-state index contributed by atoms with van der Waals surface area (Å²) in [5, 5.41) is 35.2. The van der Waals surface area contributed by atoms with Gasteiger partial charge in [0.15, 0.2) is 6.10 Å². The normalized spacial score (nSPS) is 35.0. The second-order valence-electron chi connectivity index (χ2n) is 2.61. The lowest BCUT2D eigenvalue weighted by Crippen LogP contribution is -2.45. The molecule has 0 aliphatic carbocycles. The predicted octanol–water partition coefficient (Wildman–Crippen LogP) is -0.494. The molecular weight excluding hydrogens is 168 g/mol. The number of hydrogen-bond acceptors (Lipinski definition) is 5. The highest BCUT2D eigenvalue weighted by Gasteiger charge is 2.53. The number of carbonyl (C=O) groups is 1. The van der Waals surface area contributed by atoms with Crippen molar-refractivity contribution in [3.63, 3.8) is 0 Å². The molecule has 2 unspecified atom stereocenters. The number of aliphatic hydroxyl groups excluding tert-OH is 3. The Morgan fingerprint density at radius 3 is 2.25 bits per heavy atom. The molecule has 1 aliphatic rings. The largest absolute Gasteiger partial charge is 0.504 e. The van der Waals surface area contributed by atoms with Crippen molar-refractivity contribution in [1.29, 1.82) is 0 Å². The number of rotatable bonds is 1. The van der Waals surface area contributed by atoms with E-state index in [1.54, 1.807) is 0 Å². The molecular formula is C6H8O6. The molecule has 1 heterocycles. The quantitative estimate of drug-likeness (QED) is 0.429. The van der Waals surface area contributed by atoms with Crippen molar-refractivity contribution < 1.29 is 30.0 Å². The van der Waals surface area contributed by atoms with E-state index in [4.69, 9.17) is 20.4 Å². The number of ether oxygens (including phenoxy) is 1. The molecule has 0 amide bonds. The van der Waals surface area contributed by atoms with E-state index in [2.05, 4.69) is 4.74 Å². The van der Waals surface area contributed by atoms with Gasteiger partial charge in [-0.2, -0.15) is 0 Å². The maximum atomic E-state index is 10.5. The third-order valence-electron chi connectivity index (χ3n) is 1.73. The van der Waals surface area contributed by atoms with Gasteiger partial charge in [-0.3, -0.25) is 0 Å². The SMILES string of the molecule is CC1(C(=O)O)OC(O)=C(O)C1O. The van der Waals surface area contributed by atoms with E-state index >= 15 is 0 Å². The van der Waals surface area contributed by atoms with Crippen LogP contribution in [0.2, 0.25) is 0 Å². The van der Waals surface area contributed by atoms with Gasteiger partial charge in [-0.25, -0.2) is 4.79 Å². The van der Waals surface area contributed by atoms with Gasteiger partial charge in [0.2, 0.25) is 11.4 Å². The number of carboxylic acids is 1. The van der Waals surface area contributed by atoms with Crippen molar-refractivity contribution in [3.8, 4) is 0 Å². The summed E-state index contributed by atoms with van der Waals surface area (Å²) >= 11 is 0. The Labute approximate surface area is 67.3 Å². The van der Waals surface area contributed by atoms with E-state index in [1.165, 1.54) is 0 Å². The zero-order chi connectivity index (χ0) is 9.52. The summed E-state index contributed by atoms with van der Waals surface area (Å²) in [7, 11) is 0. The fourth-order valence-electron chi connectivity index (χ4n) is 0.847. The van der Waals surface area contributed by atoms with E-state index in [1.807, 2.05) is 0 Å². The maximum absolute atomic E-state index is 10.5. The lowest BCUT2D eigenvalue weighted by atomic mass is 10.0. The van der Waals surface area contributed by atoms with Crippen LogP contribution in [0.4, 0.5) is 0 Å². The standard InChI is InChI=1S/C6H8O6/c1-6(5(10)11)3(8)2(7)4(9)12-6/h3,7-9H,1H3,(H,10,11). The Balaban J connectivity index is 2.99. The van der Waals surface area contributed by atoms with Crippen LogP contribution in [0.25, 0.3) is 0 Å². The van der Waals surface area contributed by atoms with Crippen LogP contribution in [-0.2, 0) is 9.53 Å². The smallest absolute Gasteiger partial charge is 0.351 e. The molecule has 0 radical (unpaired) electrons. The summed E-state index contributed by atoms with van der Waals surface area (Å²) in [5.74, 6) is -3.28. The Hall–Kier alpha value is -1.43. The number of carboxylic acid groups (broad SMARTS) is 1.